The fraction of sp³-hybridized carbons (Fsp3) is 0.500. The van der Waals surface area contributed by atoms with E-state index < -0.39 is 0 Å². The molecule has 0 radical (unpaired) electrons. The Balaban J connectivity index is 1.75. The highest BCUT2D eigenvalue weighted by Gasteiger charge is 2.44. The van der Waals surface area contributed by atoms with Crippen LogP contribution in [0.3, 0.4) is 0 Å². The minimum Gasteiger partial charge on any atom is -0.455 e. The van der Waals surface area contributed by atoms with Gasteiger partial charge in [-0.2, -0.15) is 0 Å². The molecule has 0 bridgehead atoms. The Labute approximate surface area is 155 Å². The normalized spacial score (nSPS) is 31.7. The second-order valence-corrected chi connectivity index (χ2v) is 8.42. The molecule has 0 aromatic heterocycles. The molecule has 0 saturated heterocycles. The van der Waals surface area contributed by atoms with Gasteiger partial charge in [0.15, 0.2) is 0 Å². The predicted octanol–water partition coefficient (Wildman–Crippen LogP) is 6.21. The third kappa shape index (κ3) is 3.69. The molecular formula is C22H27ClO2. The van der Waals surface area contributed by atoms with E-state index in [1.54, 1.807) is 24.3 Å². The van der Waals surface area contributed by atoms with E-state index in [0.29, 0.717) is 22.4 Å². The third-order valence-corrected chi connectivity index (χ3v) is 6.51. The van der Waals surface area contributed by atoms with Crippen molar-refractivity contribution in [3.8, 4) is 0 Å². The Bertz CT molecular complexity index is 703. The van der Waals surface area contributed by atoms with Crippen molar-refractivity contribution in [2.24, 2.45) is 17.3 Å². The van der Waals surface area contributed by atoms with Crippen LogP contribution in [0, 0.1) is 17.3 Å². The number of allylic oxidation sites excluding steroid dienone is 2. The van der Waals surface area contributed by atoms with Crippen LogP contribution in [0.4, 0.5) is 0 Å². The molecule has 0 heterocycles. The highest BCUT2D eigenvalue weighted by Crippen LogP contribution is 2.53. The second kappa shape index (κ2) is 6.99. The molecular weight excluding hydrogens is 332 g/mol. The Morgan fingerprint density at radius 1 is 1.32 bits per heavy atom. The zero-order valence-corrected chi connectivity index (χ0v) is 16.1. The first-order valence-corrected chi connectivity index (χ1v) is 9.50. The second-order valence-electron chi connectivity index (χ2n) is 7.98. The van der Waals surface area contributed by atoms with Gasteiger partial charge < -0.3 is 4.74 Å². The van der Waals surface area contributed by atoms with Crippen LogP contribution in [0.2, 0.25) is 5.02 Å². The van der Waals surface area contributed by atoms with E-state index in [9.17, 15) is 4.79 Å². The maximum absolute atomic E-state index is 12.4. The zero-order valence-electron chi connectivity index (χ0n) is 15.3. The summed E-state index contributed by atoms with van der Waals surface area (Å²) >= 11 is 5.89. The molecule has 1 fully saturated rings. The van der Waals surface area contributed by atoms with Crippen LogP contribution in [0.1, 0.15) is 56.8 Å². The number of ether oxygens (including phenoxy) is 1. The summed E-state index contributed by atoms with van der Waals surface area (Å²) in [5, 5.41) is 0.620. The van der Waals surface area contributed by atoms with Gasteiger partial charge in [0.1, 0.15) is 6.10 Å². The van der Waals surface area contributed by atoms with Crippen molar-refractivity contribution in [2.75, 3.05) is 0 Å². The molecule has 2 aliphatic rings. The first-order chi connectivity index (χ1) is 11.8. The number of benzene rings is 1. The molecule has 2 aliphatic carbocycles. The van der Waals surface area contributed by atoms with Gasteiger partial charge in [-0.3, -0.25) is 0 Å². The van der Waals surface area contributed by atoms with Gasteiger partial charge >= 0.3 is 5.97 Å². The number of hydrogen-bond donors (Lipinski definition) is 0. The van der Waals surface area contributed by atoms with Crippen LogP contribution < -0.4 is 0 Å². The van der Waals surface area contributed by atoms with Crippen LogP contribution in [-0.4, -0.2) is 12.1 Å². The average molecular weight is 359 g/mol. The summed E-state index contributed by atoms with van der Waals surface area (Å²) in [5.41, 5.74) is 3.50. The third-order valence-electron chi connectivity index (χ3n) is 6.26. The summed E-state index contributed by atoms with van der Waals surface area (Å²) in [6, 6.07) is 6.87. The zero-order chi connectivity index (χ0) is 18.2. The lowest BCUT2D eigenvalue weighted by molar-refractivity contribution is 0.0224. The van der Waals surface area contributed by atoms with E-state index in [-0.39, 0.29) is 17.5 Å². The lowest BCUT2D eigenvalue weighted by Gasteiger charge is -2.48. The first kappa shape index (κ1) is 18.3. The lowest BCUT2D eigenvalue weighted by Crippen LogP contribution is -2.40. The fourth-order valence-corrected chi connectivity index (χ4v) is 4.47. The van der Waals surface area contributed by atoms with Gasteiger partial charge in [0, 0.05) is 5.02 Å². The molecule has 1 saturated carbocycles. The summed E-state index contributed by atoms with van der Waals surface area (Å²) in [5.74, 6) is 0.820. The molecule has 0 N–H and O–H groups in total. The van der Waals surface area contributed by atoms with Gasteiger partial charge in [-0.05, 0) is 80.2 Å². The molecule has 1 aromatic rings. The fourth-order valence-electron chi connectivity index (χ4n) is 4.35. The van der Waals surface area contributed by atoms with E-state index in [1.807, 2.05) is 0 Å². The quantitative estimate of drug-likeness (QED) is 0.474. The van der Waals surface area contributed by atoms with Gasteiger partial charge in [-0.15, -0.1) is 0 Å². The highest BCUT2D eigenvalue weighted by atomic mass is 35.5. The number of hydrogen-bond acceptors (Lipinski definition) is 2. The van der Waals surface area contributed by atoms with Crippen LogP contribution in [0.25, 0.3) is 0 Å². The van der Waals surface area contributed by atoms with Crippen molar-refractivity contribution in [3.05, 3.63) is 58.7 Å². The molecule has 0 aliphatic heterocycles. The highest BCUT2D eigenvalue weighted by molar-refractivity contribution is 6.30. The molecule has 1 unspecified atom stereocenters. The molecule has 4 atom stereocenters. The van der Waals surface area contributed by atoms with E-state index in [4.69, 9.17) is 16.3 Å². The molecule has 25 heavy (non-hydrogen) atoms. The van der Waals surface area contributed by atoms with E-state index in [0.717, 1.165) is 25.7 Å². The largest absolute Gasteiger partial charge is 0.455 e. The van der Waals surface area contributed by atoms with Crippen molar-refractivity contribution in [3.63, 3.8) is 0 Å². The lowest BCUT2D eigenvalue weighted by atomic mass is 9.57. The summed E-state index contributed by atoms with van der Waals surface area (Å²) in [4.78, 5) is 12.4. The van der Waals surface area contributed by atoms with Crippen molar-refractivity contribution in [1.82, 2.24) is 0 Å². The number of carbonyl (C=O) groups is 1. The Morgan fingerprint density at radius 3 is 2.64 bits per heavy atom. The number of rotatable bonds is 3. The Kier molecular flexibility index (Phi) is 5.11. The average Bonchev–Trinajstić information content (AvgIpc) is 2.56. The number of carbonyl (C=O) groups excluding carboxylic acids is 1. The van der Waals surface area contributed by atoms with Gasteiger partial charge in [0.25, 0.3) is 0 Å². The minimum atomic E-state index is -0.273. The SMILES string of the molecule is C=C(C)[C@@H]1CCC2=C[C@H](OC(=O)c3ccc(Cl)cc3)CC(C)[C@]2(C)C1. The van der Waals surface area contributed by atoms with Gasteiger partial charge in [-0.25, -0.2) is 4.79 Å². The standard InChI is InChI=1S/C22H27ClO2/c1-14(2)17-5-8-18-12-20(11-15(3)22(18,4)13-17)25-21(24)16-6-9-19(23)10-7-16/h6-7,9-10,12,15,17,20H,1,5,8,11,13H2,2-4H3/t15?,17-,20-,22+/m1/s1. The van der Waals surface area contributed by atoms with Gasteiger partial charge in [0.05, 0.1) is 5.56 Å². The molecule has 3 heteroatoms. The Hall–Kier alpha value is -1.54. The molecule has 2 nitrogen and oxygen atoms in total. The summed E-state index contributed by atoms with van der Waals surface area (Å²) in [7, 11) is 0. The van der Waals surface area contributed by atoms with E-state index in [2.05, 4.69) is 33.4 Å². The smallest absolute Gasteiger partial charge is 0.338 e. The van der Waals surface area contributed by atoms with Crippen LogP contribution >= 0.6 is 11.6 Å². The first-order valence-electron chi connectivity index (χ1n) is 9.12. The summed E-state index contributed by atoms with van der Waals surface area (Å²) < 4.78 is 5.78. The minimum absolute atomic E-state index is 0.136. The van der Waals surface area contributed by atoms with E-state index in [1.165, 1.54) is 11.1 Å². The summed E-state index contributed by atoms with van der Waals surface area (Å²) in [6.07, 6.45) is 6.34. The maximum Gasteiger partial charge on any atom is 0.338 e. The van der Waals surface area contributed by atoms with Crippen molar-refractivity contribution < 1.29 is 9.53 Å². The Morgan fingerprint density at radius 2 is 2.00 bits per heavy atom. The van der Waals surface area contributed by atoms with Crippen molar-refractivity contribution >= 4 is 17.6 Å². The monoisotopic (exact) mass is 358 g/mol. The van der Waals surface area contributed by atoms with Crippen molar-refractivity contribution in [1.29, 1.82) is 0 Å². The van der Waals surface area contributed by atoms with Gasteiger partial charge in [-0.1, -0.05) is 43.2 Å². The van der Waals surface area contributed by atoms with Crippen LogP contribution in [0.5, 0.6) is 0 Å². The number of halogens is 1. The topological polar surface area (TPSA) is 26.3 Å². The molecule has 3 rings (SSSR count). The van der Waals surface area contributed by atoms with Crippen LogP contribution in [0.15, 0.2) is 48.1 Å². The predicted molar refractivity (Wildman–Crippen MR) is 103 cm³/mol. The van der Waals surface area contributed by atoms with E-state index >= 15 is 0 Å². The van der Waals surface area contributed by atoms with Gasteiger partial charge in [0.2, 0.25) is 0 Å². The molecule has 134 valence electrons. The molecule has 0 spiro atoms. The summed E-state index contributed by atoms with van der Waals surface area (Å²) in [6.45, 7) is 11.0. The van der Waals surface area contributed by atoms with Crippen LogP contribution in [-0.2, 0) is 4.74 Å². The molecule has 0 amide bonds. The maximum atomic E-state index is 12.4. The number of fused-ring (bicyclic) bond motifs is 1. The van der Waals surface area contributed by atoms with Crippen molar-refractivity contribution in [2.45, 2.75) is 52.6 Å². The molecule has 1 aromatic carbocycles. The number of esters is 1.